The molecule has 27 heavy (non-hydrogen) atoms. The normalized spacial score (nSPS) is 17.6. The van der Waals surface area contributed by atoms with Gasteiger partial charge in [-0.3, -0.25) is 0 Å². The van der Waals surface area contributed by atoms with Gasteiger partial charge in [0.2, 0.25) is 0 Å². The number of carbonyl (C=O) groups is 2. The molecule has 0 saturated carbocycles. The molecule has 1 N–H and O–H groups in total. The van der Waals surface area contributed by atoms with Gasteiger partial charge in [-0.15, -0.1) is 0 Å². The Morgan fingerprint density at radius 2 is 1.70 bits per heavy atom. The van der Waals surface area contributed by atoms with E-state index in [9.17, 15) is 9.59 Å². The average molecular weight is 395 g/mol. The van der Waals surface area contributed by atoms with Crippen molar-refractivity contribution in [3.8, 4) is 0 Å². The number of anilines is 2. The first-order chi connectivity index (χ1) is 13.1. The Morgan fingerprint density at radius 1 is 1.04 bits per heavy atom. The van der Waals surface area contributed by atoms with Crippen LogP contribution in [0.25, 0.3) is 0 Å². The van der Waals surface area contributed by atoms with Crippen molar-refractivity contribution < 1.29 is 14.3 Å². The maximum atomic E-state index is 12.7. The van der Waals surface area contributed by atoms with E-state index in [-0.39, 0.29) is 12.1 Å². The lowest BCUT2D eigenvalue weighted by atomic mass is 10.1. The SMILES string of the molecule is CCOC(=O)N1CCN(C(=O)Nc2cc(Cl)ccc2N2CCCCC2)CC1. The molecule has 0 spiro atoms. The number of hydrogen-bond acceptors (Lipinski definition) is 4. The van der Waals surface area contributed by atoms with Gasteiger partial charge in [0.05, 0.1) is 18.0 Å². The van der Waals surface area contributed by atoms with Crippen LogP contribution in [0.3, 0.4) is 0 Å². The zero-order chi connectivity index (χ0) is 19.2. The van der Waals surface area contributed by atoms with Crippen LogP contribution >= 0.6 is 11.6 Å². The molecule has 2 aliphatic heterocycles. The Balaban J connectivity index is 1.62. The van der Waals surface area contributed by atoms with E-state index in [1.165, 1.54) is 6.42 Å². The minimum absolute atomic E-state index is 0.168. The number of amides is 3. The fourth-order valence-corrected chi connectivity index (χ4v) is 3.69. The van der Waals surface area contributed by atoms with Gasteiger partial charge in [0.15, 0.2) is 0 Å². The summed E-state index contributed by atoms with van der Waals surface area (Å²) < 4.78 is 5.02. The third-order valence-electron chi connectivity index (χ3n) is 4.99. The molecule has 2 saturated heterocycles. The van der Waals surface area contributed by atoms with E-state index in [0.29, 0.717) is 37.8 Å². The summed E-state index contributed by atoms with van der Waals surface area (Å²) >= 11 is 6.17. The second-order valence-corrected chi connectivity index (χ2v) is 7.25. The van der Waals surface area contributed by atoms with E-state index in [0.717, 1.165) is 37.3 Å². The van der Waals surface area contributed by atoms with Gasteiger partial charge in [-0.25, -0.2) is 9.59 Å². The first-order valence-electron chi connectivity index (χ1n) is 9.60. The number of rotatable bonds is 3. The molecule has 3 amide bonds. The zero-order valence-corrected chi connectivity index (χ0v) is 16.5. The predicted molar refractivity (Wildman–Crippen MR) is 107 cm³/mol. The summed E-state index contributed by atoms with van der Waals surface area (Å²) in [6.07, 6.45) is 3.24. The van der Waals surface area contributed by atoms with E-state index >= 15 is 0 Å². The van der Waals surface area contributed by atoms with Gasteiger partial charge in [-0.2, -0.15) is 0 Å². The van der Waals surface area contributed by atoms with Crippen molar-refractivity contribution in [3.05, 3.63) is 23.2 Å². The summed E-state index contributed by atoms with van der Waals surface area (Å²) in [5, 5.41) is 3.61. The second-order valence-electron chi connectivity index (χ2n) is 6.81. The molecule has 2 fully saturated rings. The summed E-state index contributed by atoms with van der Waals surface area (Å²) in [5.41, 5.74) is 1.75. The van der Waals surface area contributed by atoms with Crippen molar-refractivity contribution in [3.63, 3.8) is 0 Å². The number of piperazine rings is 1. The molecule has 8 heteroatoms. The van der Waals surface area contributed by atoms with Crippen LogP contribution in [0, 0.1) is 0 Å². The number of nitrogens with one attached hydrogen (secondary N) is 1. The lowest BCUT2D eigenvalue weighted by molar-refractivity contribution is 0.0869. The molecule has 3 rings (SSSR count). The van der Waals surface area contributed by atoms with Crippen molar-refractivity contribution in [2.75, 3.05) is 56.1 Å². The molecule has 0 radical (unpaired) electrons. The third-order valence-corrected chi connectivity index (χ3v) is 5.22. The zero-order valence-electron chi connectivity index (χ0n) is 15.7. The fraction of sp³-hybridized carbons (Fsp3) is 0.579. The van der Waals surface area contributed by atoms with Crippen molar-refractivity contribution in [2.24, 2.45) is 0 Å². The Bertz CT molecular complexity index is 671. The maximum absolute atomic E-state index is 12.7. The summed E-state index contributed by atoms with van der Waals surface area (Å²) in [4.78, 5) is 30.2. The molecular formula is C19H27ClN4O3. The Kier molecular flexibility index (Phi) is 6.66. The highest BCUT2D eigenvalue weighted by Crippen LogP contribution is 2.31. The van der Waals surface area contributed by atoms with Crippen molar-refractivity contribution in [2.45, 2.75) is 26.2 Å². The molecule has 1 aromatic carbocycles. The number of carbonyl (C=O) groups excluding carboxylic acids is 2. The minimum Gasteiger partial charge on any atom is -0.450 e. The lowest BCUT2D eigenvalue weighted by Gasteiger charge is -2.35. The van der Waals surface area contributed by atoms with Gasteiger partial charge in [0.1, 0.15) is 0 Å². The van der Waals surface area contributed by atoms with Gasteiger partial charge in [-0.05, 0) is 44.4 Å². The number of benzene rings is 1. The van der Waals surface area contributed by atoms with Gasteiger partial charge < -0.3 is 24.8 Å². The Hall–Kier alpha value is -2.15. The van der Waals surface area contributed by atoms with Crippen LogP contribution in [-0.2, 0) is 4.74 Å². The van der Waals surface area contributed by atoms with Gasteiger partial charge in [0, 0.05) is 44.3 Å². The highest BCUT2D eigenvalue weighted by atomic mass is 35.5. The Morgan fingerprint density at radius 3 is 2.37 bits per heavy atom. The predicted octanol–water partition coefficient (Wildman–Crippen LogP) is 3.64. The largest absolute Gasteiger partial charge is 0.450 e. The van der Waals surface area contributed by atoms with Crippen LogP contribution in [0.1, 0.15) is 26.2 Å². The van der Waals surface area contributed by atoms with Crippen molar-refractivity contribution in [1.29, 1.82) is 0 Å². The number of hydrogen-bond donors (Lipinski definition) is 1. The quantitative estimate of drug-likeness (QED) is 0.850. The van der Waals surface area contributed by atoms with Crippen LogP contribution in [0.5, 0.6) is 0 Å². The number of ether oxygens (including phenoxy) is 1. The third kappa shape index (κ3) is 4.97. The van der Waals surface area contributed by atoms with E-state index < -0.39 is 0 Å². The minimum atomic E-state index is -0.320. The monoisotopic (exact) mass is 394 g/mol. The molecule has 2 aliphatic rings. The summed E-state index contributed by atoms with van der Waals surface area (Å²) in [5.74, 6) is 0. The first kappa shape index (κ1) is 19.6. The van der Waals surface area contributed by atoms with E-state index in [1.807, 2.05) is 12.1 Å². The smallest absolute Gasteiger partial charge is 0.409 e. The average Bonchev–Trinajstić information content (AvgIpc) is 2.69. The molecular weight excluding hydrogens is 368 g/mol. The highest BCUT2D eigenvalue weighted by Gasteiger charge is 2.25. The number of halogens is 1. The molecule has 2 heterocycles. The highest BCUT2D eigenvalue weighted by molar-refractivity contribution is 6.31. The molecule has 148 valence electrons. The molecule has 1 aromatic rings. The first-order valence-corrected chi connectivity index (χ1v) is 9.98. The summed E-state index contributed by atoms with van der Waals surface area (Å²) in [6, 6.07) is 5.47. The molecule has 0 bridgehead atoms. The number of piperidine rings is 1. The summed E-state index contributed by atoms with van der Waals surface area (Å²) in [7, 11) is 0. The maximum Gasteiger partial charge on any atom is 0.409 e. The fourth-order valence-electron chi connectivity index (χ4n) is 3.52. The molecule has 0 unspecified atom stereocenters. The van der Waals surface area contributed by atoms with Crippen LogP contribution in [0.15, 0.2) is 18.2 Å². The van der Waals surface area contributed by atoms with Gasteiger partial charge >= 0.3 is 12.1 Å². The number of nitrogens with zero attached hydrogens (tertiary/aromatic N) is 3. The lowest BCUT2D eigenvalue weighted by Crippen LogP contribution is -2.51. The van der Waals surface area contributed by atoms with Gasteiger partial charge in [0.25, 0.3) is 0 Å². The van der Waals surface area contributed by atoms with Crippen LogP contribution in [0.2, 0.25) is 5.02 Å². The molecule has 0 aromatic heterocycles. The molecule has 7 nitrogen and oxygen atoms in total. The second kappa shape index (κ2) is 9.17. The van der Waals surface area contributed by atoms with Crippen LogP contribution in [-0.4, -0.2) is 67.8 Å². The Labute approximate surface area is 165 Å². The van der Waals surface area contributed by atoms with Crippen molar-refractivity contribution in [1.82, 2.24) is 9.80 Å². The molecule has 0 atom stereocenters. The van der Waals surface area contributed by atoms with E-state index in [1.54, 1.807) is 22.8 Å². The summed E-state index contributed by atoms with van der Waals surface area (Å²) in [6.45, 7) is 6.02. The topological polar surface area (TPSA) is 65.1 Å². The standard InChI is InChI=1S/C19H27ClN4O3/c1-2-27-19(26)24-12-10-23(11-13-24)18(25)21-16-14-15(20)6-7-17(16)22-8-4-3-5-9-22/h6-7,14H,2-5,8-13H2,1H3,(H,21,25). The van der Waals surface area contributed by atoms with Gasteiger partial charge in [-0.1, -0.05) is 11.6 Å². The van der Waals surface area contributed by atoms with Crippen LogP contribution in [0.4, 0.5) is 21.0 Å². The molecule has 0 aliphatic carbocycles. The van der Waals surface area contributed by atoms with Crippen molar-refractivity contribution >= 4 is 35.1 Å². The number of urea groups is 1. The van der Waals surface area contributed by atoms with E-state index in [4.69, 9.17) is 16.3 Å². The van der Waals surface area contributed by atoms with Crippen LogP contribution < -0.4 is 10.2 Å². The van der Waals surface area contributed by atoms with E-state index in [2.05, 4.69) is 10.2 Å².